The molecular weight excluding hydrogens is 381 g/mol. The summed E-state index contributed by atoms with van der Waals surface area (Å²) >= 11 is 6.25. The molecule has 2 heterocycles. The smallest absolute Gasteiger partial charge is 0.273 e. The fourth-order valence-electron chi connectivity index (χ4n) is 3.10. The normalized spacial score (nSPS) is 11.1. The largest absolute Gasteiger partial charge is 0.333 e. The summed E-state index contributed by atoms with van der Waals surface area (Å²) in [6, 6.07) is 16.2. The third kappa shape index (κ3) is 3.34. The highest BCUT2D eigenvalue weighted by atomic mass is 35.5. The van der Waals surface area contributed by atoms with Gasteiger partial charge in [-0.3, -0.25) is 13.9 Å². The number of pyridine rings is 1. The van der Waals surface area contributed by atoms with Crippen LogP contribution in [0.4, 0.5) is 4.39 Å². The SMILES string of the molecule is O=c1c2cccnc2n(Cc2ccccc2Cl)c(=O)n1Cc1ccc(F)cc1. The Morgan fingerprint density at radius 2 is 1.64 bits per heavy atom. The summed E-state index contributed by atoms with van der Waals surface area (Å²) in [5.74, 6) is -0.380. The van der Waals surface area contributed by atoms with Gasteiger partial charge in [0.15, 0.2) is 0 Å². The maximum absolute atomic E-state index is 13.2. The van der Waals surface area contributed by atoms with Crippen molar-refractivity contribution in [1.82, 2.24) is 14.1 Å². The van der Waals surface area contributed by atoms with Gasteiger partial charge in [0.2, 0.25) is 0 Å². The van der Waals surface area contributed by atoms with Gasteiger partial charge in [0.1, 0.15) is 11.5 Å². The molecule has 0 atom stereocenters. The van der Waals surface area contributed by atoms with E-state index in [-0.39, 0.29) is 18.9 Å². The van der Waals surface area contributed by atoms with Crippen LogP contribution in [0.5, 0.6) is 0 Å². The number of benzene rings is 2. The summed E-state index contributed by atoms with van der Waals surface area (Å²) in [6.07, 6.45) is 1.54. The van der Waals surface area contributed by atoms with Crippen LogP contribution in [0.1, 0.15) is 11.1 Å². The van der Waals surface area contributed by atoms with Crippen LogP contribution in [0.2, 0.25) is 5.02 Å². The van der Waals surface area contributed by atoms with Crippen molar-refractivity contribution in [2.24, 2.45) is 0 Å². The molecule has 0 bridgehead atoms. The summed E-state index contributed by atoms with van der Waals surface area (Å²) in [5, 5.41) is 0.853. The summed E-state index contributed by atoms with van der Waals surface area (Å²) in [7, 11) is 0. The van der Waals surface area contributed by atoms with Gasteiger partial charge in [-0.1, -0.05) is 41.9 Å². The van der Waals surface area contributed by atoms with Crippen molar-refractivity contribution < 1.29 is 4.39 Å². The van der Waals surface area contributed by atoms with E-state index in [0.717, 1.165) is 10.1 Å². The van der Waals surface area contributed by atoms with Gasteiger partial charge in [0.25, 0.3) is 5.56 Å². The second kappa shape index (κ2) is 7.40. The van der Waals surface area contributed by atoms with Gasteiger partial charge < -0.3 is 0 Å². The van der Waals surface area contributed by atoms with Gasteiger partial charge in [-0.25, -0.2) is 14.2 Å². The van der Waals surface area contributed by atoms with Crippen molar-refractivity contribution in [2.45, 2.75) is 13.1 Å². The standard InChI is InChI=1S/C21H15ClFN3O2/c22-18-6-2-1-4-15(18)13-25-19-17(5-3-11-24-19)20(27)26(21(25)28)12-14-7-9-16(23)10-8-14/h1-11H,12-13H2. The number of fused-ring (bicyclic) bond motifs is 1. The van der Waals surface area contributed by atoms with Crippen LogP contribution < -0.4 is 11.2 Å². The Hall–Kier alpha value is -3.25. The van der Waals surface area contributed by atoms with E-state index in [1.165, 1.54) is 22.9 Å². The van der Waals surface area contributed by atoms with Crippen LogP contribution in [-0.2, 0) is 13.1 Å². The van der Waals surface area contributed by atoms with E-state index in [1.54, 1.807) is 36.4 Å². The quantitative estimate of drug-likeness (QED) is 0.532. The fraction of sp³-hybridized carbons (Fsp3) is 0.0952. The monoisotopic (exact) mass is 395 g/mol. The van der Waals surface area contributed by atoms with Gasteiger partial charge in [-0.05, 0) is 41.5 Å². The van der Waals surface area contributed by atoms with E-state index in [1.807, 2.05) is 12.1 Å². The Labute approximate surface area is 164 Å². The second-order valence-electron chi connectivity index (χ2n) is 6.35. The topological polar surface area (TPSA) is 56.9 Å². The van der Waals surface area contributed by atoms with Crippen LogP contribution in [0, 0.1) is 5.82 Å². The summed E-state index contributed by atoms with van der Waals surface area (Å²) in [6.45, 7) is 0.209. The van der Waals surface area contributed by atoms with E-state index in [4.69, 9.17) is 11.6 Å². The molecule has 0 N–H and O–H groups in total. The van der Waals surface area contributed by atoms with Gasteiger partial charge in [0.05, 0.1) is 18.5 Å². The first kappa shape index (κ1) is 18.1. The molecule has 4 aromatic rings. The molecule has 0 aliphatic heterocycles. The van der Waals surface area contributed by atoms with Crippen molar-refractivity contribution in [3.05, 3.63) is 110 Å². The Morgan fingerprint density at radius 1 is 0.893 bits per heavy atom. The average Bonchev–Trinajstić information content (AvgIpc) is 2.71. The van der Waals surface area contributed by atoms with E-state index in [0.29, 0.717) is 21.6 Å². The van der Waals surface area contributed by atoms with Gasteiger partial charge in [0, 0.05) is 11.2 Å². The van der Waals surface area contributed by atoms with Crippen molar-refractivity contribution in [3.8, 4) is 0 Å². The van der Waals surface area contributed by atoms with Crippen molar-refractivity contribution >= 4 is 22.6 Å². The van der Waals surface area contributed by atoms with Gasteiger partial charge in [-0.15, -0.1) is 0 Å². The lowest BCUT2D eigenvalue weighted by Gasteiger charge is -2.14. The maximum Gasteiger partial charge on any atom is 0.333 e. The van der Waals surface area contributed by atoms with E-state index >= 15 is 0 Å². The molecule has 0 saturated carbocycles. The zero-order chi connectivity index (χ0) is 19.7. The van der Waals surface area contributed by atoms with E-state index in [2.05, 4.69) is 4.98 Å². The molecule has 28 heavy (non-hydrogen) atoms. The van der Waals surface area contributed by atoms with Crippen LogP contribution in [0.25, 0.3) is 11.0 Å². The molecule has 0 saturated heterocycles. The minimum atomic E-state index is -0.500. The van der Waals surface area contributed by atoms with Crippen LogP contribution in [-0.4, -0.2) is 14.1 Å². The molecule has 4 rings (SSSR count). The molecule has 0 aliphatic rings. The summed E-state index contributed by atoms with van der Waals surface area (Å²) in [5.41, 5.74) is 0.749. The highest BCUT2D eigenvalue weighted by molar-refractivity contribution is 6.31. The van der Waals surface area contributed by atoms with Crippen molar-refractivity contribution in [3.63, 3.8) is 0 Å². The number of hydrogen-bond donors (Lipinski definition) is 0. The zero-order valence-corrected chi connectivity index (χ0v) is 15.4. The number of hydrogen-bond acceptors (Lipinski definition) is 3. The first-order valence-electron chi connectivity index (χ1n) is 8.61. The van der Waals surface area contributed by atoms with Gasteiger partial charge in [-0.2, -0.15) is 0 Å². The molecular formula is C21H15ClFN3O2. The van der Waals surface area contributed by atoms with Crippen LogP contribution >= 0.6 is 11.6 Å². The van der Waals surface area contributed by atoms with E-state index < -0.39 is 11.2 Å². The highest BCUT2D eigenvalue weighted by Gasteiger charge is 2.15. The molecule has 5 nitrogen and oxygen atoms in total. The fourth-order valence-corrected chi connectivity index (χ4v) is 3.29. The van der Waals surface area contributed by atoms with Gasteiger partial charge >= 0.3 is 5.69 Å². The lowest BCUT2D eigenvalue weighted by Crippen LogP contribution is -2.40. The third-order valence-electron chi connectivity index (χ3n) is 4.52. The molecule has 2 aromatic heterocycles. The highest BCUT2D eigenvalue weighted by Crippen LogP contribution is 2.17. The third-order valence-corrected chi connectivity index (χ3v) is 4.89. The molecule has 0 spiro atoms. The van der Waals surface area contributed by atoms with Crippen molar-refractivity contribution in [1.29, 1.82) is 0 Å². The maximum atomic E-state index is 13.2. The van der Waals surface area contributed by atoms with E-state index in [9.17, 15) is 14.0 Å². The Morgan fingerprint density at radius 3 is 2.39 bits per heavy atom. The average molecular weight is 396 g/mol. The number of aromatic nitrogens is 3. The number of rotatable bonds is 4. The summed E-state index contributed by atoms with van der Waals surface area (Å²) in [4.78, 5) is 30.3. The Balaban J connectivity index is 1.91. The molecule has 7 heteroatoms. The van der Waals surface area contributed by atoms with Crippen LogP contribution in [0.15, 0.2) is 76.4 Å². The molecule has 0 aliphatic carbocycles. The minimum absolute atomic E-state index is 0.0330. The minimum Gasteiger partial charge on any atom is -0.273 e. The Bertz CT molecular complexity index is 1280. The molecule has 0 radical (unpaired) electrons. The second-order valence-corrected chi connectivity index (χ2v) is 6.76. The lowest BCUT2D eigenvalue weighted by molar-refractivity contribution is 0.618. The Kier molecular flexibility index (Phi) is 4.79. The first-order chi connectivity index (χ1) is 13.5. The first-order valence-corrected chi connectivity index (χ1v) is 8.98. The predicted molar refractivity (Wildman–Crippen MR) is 106 cm³/mol. The number of halogens is 2. The van der Waals surface area contributed by atoms with Crippen LogP contribution in [0.3, 0.4) is 0 Å². The molecule has 0 amide bonds. The predicted octanol–water partition coefficient (Wildman–Crippen LogP) is 3.45. The molecule has 140 valence electrons. The zero-order valence-electron chi connectivity index (χ0n) is 14.7. The molecule has 0 unspecified atom stereocenters. The molecule has 0 fully saturated rings. The lowest BCUT2D eigenvalue weighted by atomic mass is 10.2. The number of nitrogens with zero attached hydrogens (tertiary/aromatic N) is 3. The molecule has 2 aromatic carbocycles. The summed E-state index contributed by atoms with van der Waals surface area (Å²) < 4.78 is 15.7. The van der Waals surface area contributed by atoms with Crippen molar-refractivity contribution in [2.75, 3.05) is 0 Å².